The molecule has 1 aliphatic rings. The van der Waals surface area contributed by atoms with Crippen molar-refractivity contribution in [2.45, 2.75) is 0 Å². The van der Waals surface area contributed by atoms with Gasteiger partial charge in [-0.15, -0.1) is 11.3 Å². The summed E-state index contributed by atoms with van der Waals surface area (Å²) in [4.78, 5) is 27.9. The number of para-hydroxylation sites is 2. The molecule has 242 valence electrons. The van der Waals surface area contributed by atoms with Gasteiger partial charge in [-0.3, -0.25) is 9.59 Å². The Morgan fingerprint density at radius 2 is 1.12 bits per heavy atom. The highest BCUT2D eigenvalue weighted by Crippen LogP contribution is 2.44. The van der Waals surface area contributed by atoms with E-state index in [-0.39, 0.29) is 11.3 Å². The highest BCUT2D eigenvalue weighted by atomic mass is 32.1. The van der Waals surface area contributed by atoms with Crippen LogP contribution in [0, 0.1) is 11.3 Å². The lowest BCUT2D eigenvalue weighted by molar-refractivity contribution is 0.0926. The molecule has 10 aromatic rings. The maximum atomic E-state index is 13.4. The lowest BCUT2D eigenvalue weighted by atomic mass is 10.1. The van der Waals surface area contributed by atoms with Crippen molar-refractivity contribution in [2.75, 3.05) is 4.90 Å². The number of carbonyl (C=O) groups excluding carboxylic acids is 2. The van der Waals surface area contributed by atoms with Crippen molar-refractivity contribution in [2.24, 2.45) is 0 Å². The van der Waals surface area contributed by atoms with Crippen molar-refractivity contribution in [1.82, 2.24) is 9.13 Å². The van der Waals surface area contributed by atoms with Gasteiger partial charge in [0.2, 0.25) is 0 Å². The lowest BCUT2D eigenvalue weighted by Gasteiger charge is -2.17. The number of aromatic nitrogens is 2. The maximum absolute atomic E-state index is 13.4. The molecule has 0 radical (unpaired) electrons. The summed E-state index contributed by atoms with van der Waals surface area (Å²) in [7, 11) is 0. The first-order valence-electron chi connectivity index (χ1n) is 17.0. The number of anilines is 1. The zero-order valence-corrected chi connectivity index (χ0v) is 28.2. The number of fused-ring (bicyclic) bond motifs is 11. The third-order valence-electron chi connectivity index (χ3n) is 10.5. The van der Waals surface area contributed by atoms with Gasteiger partial charge in [-0.2, -0.15) is 5.26 Å². The summed E-state index contributed by atoms with van der Waals surface area (Å²) in [5.74, 6) is -0.851. The molecule has 0 aliphatic carbocycles. The van der Waals surface area contributed by atoms with E-state index in [4.69, 9.17) is 0 Å². The van der Waals surface area contributed by atoms with Crippen LogP contribution < -0.4 is 4.90 Å². The van der Waals surface area contributed by atoms with Gasteiger partial charge in [-0.1, -0.05) is 72.8 Å². The van der Waals surface area contributed by atoms with E-state index in [1.54, 1.807) is 36.4 Å². The summed E-state index contributed by atoms with van der Waals surface area (Å²) in [6, 6.07) is 51.0. The molecule has 1 aliphatic heterocycles. The van der Waals surface area contributed by atoms with Crippen LogP contribution in [0.4, 0.5) is 5.69 Å². The average molecular weight is 685 g/mol. The summed E-state index contributed by atoms with van der Waals surface area (Å²) in [5.41, 5.74) is 7.24. The lowest BCUT2D eigenvalue weighted by Crippen LogP contribution is -2.30. The minimum absolute atomic E-state index is 0.240. The molecule has 4 heterocycles. The van der Waals surface area contributed by atoms with Crippen molar-refractivity contribution < 1.29 is 9.59 Å². The SMILES string of the molecule is N#Cc1cc(-n2c3ccccc3c3c2ccc2c4ccccc4n(-c4ccc5sc6ccccc6c5c4)c23)ccc1N1C(=O)c2ccccc2C1=O. The van der Waals surface area contributed by atoms with E-state index < -0.39 is 11.8 Å². The molecule has 52 heavy (non-hydrogen) atoms. The predicted molar refractivity (Wildman–Crippen MR) is 210 cm³/mol. The van der Waals surface area contributed by atoms with Crippen LogP contribution in [0.5, 0.6) is 0 Å². The number of hydrogen-bond acceptors (Lipinski definition) is 4. The van der Waals surface area contributed by atoms with Gasteiger partial charge in [-0.05, 0) is 72.8 Å². The average Bonchev–Trinajstić information content (AvgIpc) is 3.91. The van der Waals surface area contributed by atoms with Gasteiger partial charge in [0.15, 0.2) is 0 Å². The fourth-order valence-electron chi connectivity index (χ4n) is 8.26. The molecule has 7 heteroatoms. The Bertz CT molecular complexity index is 3230. The number of hydrogen-bond donors (Lipinski definition) is 0. The van der Waals surface area contributed by atoms with E-state index in [1.807, 2.05) is 23.5 Å². The predicted octanol–water partition coefficient (Wildman–Crippen LogP) is 10.9. The van der Waals surface area contributed by atoms with Crippen LogP contribution in [0.15, 0.2) is 146 Å². The molecule has 7 aromatic carbocycles. The molecule has 0 spiro atoms. The quantitative estimate of drug-likeness (QED) is 0.174. The number of rotatable bonds is 3. The minimum Gasteiger partial charge on any atom is -0.309 e. The van der Waals surface area contributed by atoms with Crippen molar-refractivity contribution in [3.8, 4) is 17.4 Å². The van der Waals surface area contributed by atoms with Crippen molar-refractivity contribution in [3.63, 3.8) is 0 Å². The highest BCUT2D eigenvalue weighted by molar-refractivity contribution is 7.25. The second-order valence-electron chi connectivity index (χ2n) is 13.1. The molecule has 6 nitrogen and oxygen atoms in total. The molecular formula is C45H24N4O2S. The Kier molecular flexibility index (Phi) is 5.81. The Morgan fingerprint density at radius 3 is 1.88 bits per heavy atom. The molecule has 11 rings (SSSR count). The first-order chi connectivity index (χ1) is 25.6. The second-order valence-corrected chi connectivity index (χ2v) is 14.2. The van der Waals surface area contributed by atoms with Crippen molar-refractivity contribution in [3.05, 3.63) is 162 Å². The van der Waals surface area contributed by atoms with E-state index in [1.165, 1.54) is 25.6 Å². The number of nitriles is 1. The number of amides is 2. The Balaban J connectivity index is 1.18. The van der Waals surface area contributed by atoms with Gasteiger partial charge in [0, 0.05) is 53.1 Å². The minimum atomic E-state index is -0.425. The van der Waals surface area contributed by atoms with Crippen molar-refractivity contribution in [1.29, 1.82) is 5.26 Å². The summed E-state index contributed by atoms with van der Waals surface area (Å²) in [6.07, 6.45) is 0. The van der Waals surface area contributed by atoms with Gasteiger partial charge >= 0.3 is 0 Å². The maximum Gasteiger partial charge on any atom is 0.266 e. The molecule has 0 fully saturated rings. The molecule has 3 aromatic heterocycles. The number of thiophene rings is 1. The molecule has 0 saturated heterocycles. The molecule has 0 atom stereocenters. The van der Waals surface area contributed by atoms with Crippen LogP contribution in [0.1, 0.15) is 26.3 Å². The fourth-order valence-corrected chi connectivity index (χ4v) is 9.35. The summed E-state index contributed by atoms with van der Waals surface area (Å²) < 4.78 is 7.09. The van der Waals surface area contributed by atoms with Crippen LogP contribution in [0.25, 0.3) is 75.2 Å². The topological polar surface area (TPSA) is 71.0 Å². The van der Waals surface area contributed by atoms with Gasteiger partial charge in [-0.25, -0.2) is 4.90 Å². The van der Waals surface area contributed by atoms with Crippen LogP contribution in [0.2, 0.25) is 0 Å². The zero-order chi connectivity index (χ0) is 34.7. The zero-order valence-electron chi connectivity index (χ0n) is 27.4. The first-order valence-corrected chi connectivity index (χ1v) is 17.8. The molecule has 2 amide bonds. The number of nitrogens with zero attached hydrogens (tertiary/aromatic N) is 4. The third kappa shape index (κ3) is 3.76. The van der Waals surface area contributed by atoms with Crippen LogP contribution >= 0.6 is 11.3 Å². The Hall–Kier alpha value is -7.01. The molecular weight excluding hydrogens is 661 g/mol. The van der Waals surface area contributed by atoms with E-state index in [0.717, 1.165) is 54.5 Å². The number of imide groups is 1. The molecule has 0 bridgehead atoms. The van der Waals surface area contributed by atoms with E-state index in [2.05, 4.69) is 112 Å². The van der Waals surface area contributed by atoms with Gasteiger partial charge in [0.1, 0.15) is 6.07 Å². The molecule has 0 N–H and O–H groups in total. The molecule has 0 unspecified atom stereocenters. The number of carbonyl (C=O) groups is 2. The smallest absolute Gasteiger partial charge is 0.266 e. The third-order valence-corrected chi connectivity index (χ3v) is 11.6. The largest absolute Gasteiger partial charge is 0.309 e. The second kappa shape index (κ2) is 10.5. The van der Waals surface area contributed by atoms with Gasteiger partial charge in [0.05, 0.1) is 44.4 Å². The van der Waals surface area contributed by atoms with E-state index in [9.17, 15) is 14.9 Å². The standard InChI is InChI=1S/C45H24N4O2S/c46-25-26-23-27(17-20-36(26)49-44(50)32-11-1-2-12-33(32)45(49)51)47-38-15-7-4-13-34(38)42-39(47)21-19-31-29-9-3-6-14-37(29)48(43(31)42)28-18-22-41-35(24-28)30-10-5-8-16-40(30)52-41/h1-24H. The fraction of sp³-hybridized carbons (Fsp3) is 0. The summed E-state index contributed by atoms with van der Waals surface area (Å²) in [5, 5.41) is 17.4. The summed E-state index contributed by atoms with van der Waals surface area (Å²) >= 11 is 1.81. The van der Waals surface area contributed by atoms with Crippen LogP contribution in [0.3, 0.4) is 0 Å². The Labute approximate surface area is 300 Å². The van der Waals surface area contributed by atoms with Gasteiger partial charge in [0.25, 0.3) is 11.8 Å². The highest BCUT2D eigenvalue weighted by Gasteiger charge is 2.37. The van der Waals surface area contributed by atoms with Crippen LogP contribution in [-0.2, 0) is 0 Å². The van der Waals surface area contributed by atoms with Crippen LogP contribution in [-0.4, -0.2) is 20.9 Å². The van der Waals surface area contributed by atoms with Gasteiger partial charge < -0.3 is 9.13 Å². The van der Waals surface area contributed by atoms with Crippen molar-refractivity contribution >= 4 is 92.6 Å². The molecule has 0 saturated carbocycles. The van der Waals surface area contributed by atoms with E-state index >= 15 is 0 Å². The first kappa shape index (κ1) is 28.8. The van der Waals surface area contributed by atoms with E-state index in [0.29, 0.717) is 11.1 Å². The number of benzene rings is 7. The monoisotopic (exact) mass is 684 g/mol. The Morgan fingerprint density at radius 1 is 0.500 bits per heavy atom. The normalized spacial score (nSPS) is 13.0. The summed E-state index contributed by atoms with van der Waals surface area (Å²) in [6.45, 7) is 0.